The summed E-state index contributed by atoms with van der Waals surface area (Å²) in [7, 11) is 0. The van der Waals surface area contributed by atoms with Gasteiger partial charge in [-0.3, -0.25) is 0 Å². The van der Waals surface area contributed by atoms with Crippen LogP contribution in [0.15, 0.2) is 72.8 Å². The Morgan fingerprint density at radius 2 is 1.43 bits per heavy atom. The number of rotatable bonds is 1. The van der Waals surface area contributed by atoms with Gasteiger partial charge in [0, 0.05) is 0 Å². The van der Waals surface area contributed by atoms with Crippen molar-refractivity contribution < 1.29 is 0 Å². The molecule has 0 nitrogen and oxygen atoms in total. The highest BCUT2D eigenvalue weighted by Crippen LogP contribution is 2.25. The third-order valence-electron chi connectivity index (χ3n) is 4.15. The Hall–Kier alpha value is -2.60. The van der Waals surface area contributed by atoms with Crippen molar-refractivity contribution in [2.45, 2.75) is 6.92 Å². The van der Waals surface area contributed by atoms with Crippen molar-refractivity contribution in [3.05, 3.63) is 94.4 Å². The quantitative estimate of drug-likeness (QED) is 0.494. The maximum absolute atomic E-state index is 3.58. The number of fused-ring (bicyclic) bond motifs is 3. The molecule has 0 saturated heterocycles. The zero-order chi connectivity index (χ0) is 14.2. The van der Waals surface area contributed by atoms with Gasteiger partial charge >= 0.3 is 0 Å². The fourth-order valence-corrected chi connectivity index (χ4v) is 3.03. The van der Waals surface area contributed by atoms with Crippen LogP contribution in [-0.2, 0) is 0 Å². The van der Waals surface area contributed by atoms with Gasteiger partial charge < -0.3 is 0 Å². The first kappa shape index (κ1) is 12.2. The molecule has 0 aliphatic heterocycles. The zero-order valence-corrected chi connectivity index (χ0v) is 11.9. The van der Waals surface area contributed by atoms with Crippen LogP contribution in [0.5, 0.6) is 0 Å². The van der Waals surface area contributed by atoms with Gasteiger partial charge in [-0.1, -0.05) is 72.8 Å². The lowest BCUT2D eigenvalue weighted by atomic mass is 10.0. The Bertz CT molecular complexity index is 931. The lowest BCUT2D eigenvalue weighted by Gasteiger charge is -2.04. The van der Waals surface area contributed by atoms with Crippen LogP contribution in [0.2, 0.25) is 0 Å². The first-order chi connectivity index (χ1) is 10.3. The molecule has 0 aromatic heterocycles. The second kappa shape index (κ2) is 4.75. The molecule has 0 amide bonds. The fourth-order valence-electron chi connectivity index (χ4n) is 3.03. The van der Waals surface area contributed by atoms with Gasteiger partial charge in [0.05, 0.1) is 0 Å². The first-order valence-corrected chi connectivity index (χ1v) is 7.23. The van der Waals surface area contributed by atoms with E-state index in [9.17, 15) is 0 Å². The van der Waals surface area contributed by atoms with Gasteiger partial charge in [0.25, 0.3) is 0 Å². The van der Waals surface area contributed by atoms with Gasteiger partial charge in [0.2, 0.25) is 0 Å². The van der Waals surface area contributed by atoms with E-state index in [1.54, 1.807) is 0 Å². The summed E-state index contributed by atoms with van der Waals surface area (Å²) in [6, 6.07) is 25.6. The first-order valence-electron chi connectivity index (χ1n) is 7.23. The Morgan fingerprint density at radius 1 is 0.714 bits per heavy atom. The summed E-state index contributed by atoms with van der Waals surface area (Å²) >= 11 is 0. The molecule has 21 heavy (non-hydrogen) atoms. The molecular formula is C21H15. The van der Waals surface area contributed by atoms with Crippen LogP contribution in [0.1, 0.15) is 18.1 Å². The summed E-state index contributed by atoms with van der Waals surface area (Å²) < 4.78 is 0. The van der Waals surface area contributed by atoms with E-state index in [-0.39, 0.29) is 0 Å². The van der Waals surface area contributed by atoms with Crippen molar-refractivity contribution >= 4 is 11.6 Å². The van der Waals surface area contributed by atoms with E-state index < -0.39 is 0 Å². The summed E-state index contributed by atoms with van der Waals surface area (Å²) in [6.45, 7) is 2.19. The Kier molecular flexibility index (Phi) is 2.75. The van der Waals surface area contributed by atoms with Crippen molar-refractivity contribution in [3.8, 4) is 11.1 Å². The van der Waals surface area contributed by atoms with Gasteiger partial charge in [-0.15, -0.1) is 0 Å². The number of hydrogen-bond acceptors (Lipinski definition) is 0. The highest BCUT2D eigenvalue weighted by molar-refractivity contribution is 5.83. The van der Waals surface area contributed by atoms with Gasteiger partial charge in [-0.05, 0) is 51.3 Å². The van der Waals surface area contributed by atoms with Crippen LogP contribution in [0.3, 0.4) is 0 Å². The minimum absolute atomic E-state index is 1.20. The van der Waals surface area contributed by atoms with Crippen LogP contribution in [-0.4, -0.2) is 0 Å². The molecule has 4 rings (SSSR count). The number of benzene rings is 3. The van der Waals surface area contributed by atoms with Gasteiger partial charge in [0.15, 0.2) is 0 Å². The molecule has 0 saturated carbocycles. The summed E-state index contributed by atoms with van der Waals surface area (Å²) in [4.78, 5) is 0. The molecule has 0 heterocycles. The molecule has 0 atom stereocenters. The molecule has 1 radical (unpaired) electrons. The summed E-state index contributed by atoms with van der Waals surface area (Å²) in [5, 5.41) is 2.50. The van der Waals surface area contributed by atoms with Crippen LogP contribution in [0.4, 0.5) is 0 Å². The fraction of sp³-hybridized carbons (Fsp3) is 0.0476. The van der Waals surface area contributed by atoms with Gasteiger partial charge in [0.1, 0.15) is 0 Å². The van der Waals surface area contributed by atoms with Crippen molar-refractivity contribution in [1.29, 1.82) is 0 Å². The van der Waals surface area contributed by atoms with E-state index in [1.807, 2.05) is 0 Å². The maximum Gasteiger partial charge on any atom is -0.000753 e. The minimum atomic E-state index is 1.20. The van der Waals surface area contributed by atoms with E-state index in [0.717, 1.165) is 0 Å². The van der Waals surface area contributed by atoms with Crippen LogP contribution < -0.4 is 10.4 Å². The molecule has 99 valence electrons. The van der Waals surface area contributed by atoms with Crippen molar-refractivity contribution in [2.75, 3.05) is 0 Å². The van der Waals surface area contributed by atoms with E-state index >= 15 is 0 Å². The van der Waals surface area contributed by atoms with Gasteiger partial charge in [-0.25, -0.2) is 0 Å². The topological polar surface area (TPSA) is 0 Å². The van der Waals surface area contributed by atoms with Crippen LogP contribution >= 0.6 is 0 Å². The number of hydrogen-bond donors (Lipinski definition) is 0. The van der Waals surface area contributed by atoms with E-state index in [2.05, 4.69) is 85.8 Å². The highest BCUT2D eigenvalue weighted by Gasteiger charge is 2.12. The van der Waals surface area contributed by atoms with E-state index in [0.29, 0.717) is 0 Å². The SMILES string of the molecule is CC(c1ccccc1)=c1cccc2c1=[C]c1ccccc1-2. The molecule has 0 fully saturated rings. The predicted molar refractivity (Wildman–Crippen MR) is 88.3 cm³/mol. The second-order valence-corrected chi connectivity index (χ2v) is 5.39. The maximum atomic E-state index is 3.58. The smallest absolute Gasteiger partial charge is 0.000753 e. The lowest BCUT2D eigenvalue weighted by Crippen LogP contribution is -2.26. The zero-order valence-electron chi connectivity index (χ0n) is 11.9. The third-order valence-corrected chi connectivity index (χ3v) is 4.15. The minimum Gasteiger partial charge on any atom is -0.0622 e. The van der Waals surface area contributed by atoms with Crippen molar-refractivity contribution in [2.24, 2.45) is 0 Å². The summed E-state index contributed by atoms with van der Waals surface area (Å²) in [5.74, 6) is 0. The summed E-state index contributed by atoms with van der Waals surface area (Å²) in [6.07, 6.45) is 3.58. The highest BCUT2D eigenvalue weighted by atomic mass is 14.2. The third kappa shape index (κ3) is 1.92. The Morgan fingerprint density at radius 3 is 2.29 bits per heavy atom. The summed E-state index contributed by atoms with van der Waals surface area (Å²) in [5.41, 5.74) is 6.34. The Balaban J connectivity index is 2.07. The molecular weight excluding hydrogens is 252 g/mol. The van der Waals surface area contributed by atoms with Crippen molar-refractivity contribution in [1.82, 2.24) is 0 Å². The molecule has 0 heteroatoms. The monoisotopic (exact) mass is 267 g/mol. The molecule has 3 aromatic carbocycles. The standard InChI is InChI=1S/C21H15/c1-15(16-8-3-2-4-9-16)18-12-7-13-20-19-11-6-5-10-17(19)14-21(18)20/h2-13H,1H3. The molecule has 0 spiro atoms. The molecule has 1 aliphatic rings. The Labute approximate surface area is 124 Å². The normalized spacial score (nSPS) is 13.2. The van der Waals surface area contributed by atoms with Crippen LogP contribution in [0.25, 0.3) is 22.8 Å². The molecule has 1 aliphatic carbocycles. The second-order valence-electron chi connectivity index (χ2n) is 5.39. The molecule has 0 unspecified atom stereocenters. The average molecular weight is 267 g/mol. The van der Waals surface area contributed by atoms with Crippen LogP contribution in [0, 0.1) is 0 Å². The largest absolute Gasteiger partial charge is 0.0622 e. The van der Waals surface area contributed by atoms with Gasteiger partial charge in [-0.2, -0.15) is 0 Å². The lowest BCUT2D eigenvalue weighted by molar-refractivity contribution is 1.45. The average Bonchev–Trinajstić information content (AvgIpc) is 2.94. The predicted octanol–water partition coefficient (Wildman–Crippen LogP) is 3.59. The molecule has 0 N–H and O–H groups in total. The molecule has 0 bridgehead atoms. The van der Waals surface area contributed by atoms with Crippen molar-refractivity contribution in [3.63, 3.8) is 0 Å². The van der Waals surface area contributed by atoms with E-state index in [4.69, 9.17) is 0 Å². The van der Waals surface area contributed by atoms with E-state index in [1.165, 1.54) is 38.3 Å². The molecule has 3 aromatic rings.